The van der Waals surface area contributed by atoms with E-state index in [1.807, 2.05) is 11.8 Å². The van der Waals surface area contributed by atoms with Crippen LogP contribution < -0.4 is 25.4 Å². The van der Waals surface area contributed by atoms with Crippen LogP contribution >= 0.6 is 11.8 Å². The van der Waals surface area contributed by atoms with E-state index in [2.05, 4.69) is 16.0 Å². The number of ether oxygens (including phenoxy) is 4. The number of nitrogens with one attached hydrogen (secondary N) is 3. The summed E-state index contributed by atoms with van der Waals surface area (Å²) in [6, 6.07) is 9.54. The van der Waals surface area contributed by atoms with Gasteiger partial charge in [-0.25, -0.2) is 4.79 Å². The van der Waals surface area contributed by atoms with Crippen molar-refractivity contribution in [3.05, 3.63) is 69.3 Å². The Morgan fingerprint density at radius 3 is 2.57 bits per heavy atom. The van der Waals surface area contributed by atoms with Gasteiger partial charge in [-0.05, 0) is 55.5 Å². The monoisotopic (exact) mass is 726 g/mol. The number of rotatable bonds is 23. The maximum Gasteiger partial charge on any atom is 0.315 e. The molecule has 15 heteroatoms. The minimum Gasteiger partial charge on any atom is -0.496 e. The molecule has 2 aliphatic rings. The molecule has 3 atom stereocenters. The zero-order chi connectivity index (χ0) is 36.6. The Kier molecular flexibility index (Phi) is 15.7. The Balaban J connectivity index is 1.05. The first-order valence-corrected chi connectivity index (χ1v) is 18.1. The number of carbonyl (C=O) groups is 4. The fourth-order valence-corrected chi connectivity index (χ4v) is 7.37. The van der Waals surface area contributed by atoms with Crippen molar-refractivity contribution in [2.24, 2.45) is 0 Å². The molecule has 14 nitrogen and oxygen atoms in total. The van der Waals surface area contributed by atoms with Crippen LogP contribution in [-0.4, -0.2) is 98.2 Å². The second kappa shape index (κ2) is 20.4. The zero-order valence-electron chi connectivity index (χ0n) is 29.0. The standard InChI is InChI=1S/C36H46N4O10S/c1-24-19-30(47-2)34(29(42)13-12-25-7-5-8-26(21-25)40(45)46)31(20-24)50-22-33(43)37-14-16-49-18-17-48-15-6-10-27(41)9-3-4-11-32-35-28(23-51-32)38-36(44)39-35/h5,7-8,12-13,19-21,28,32,35H,3-4,6,9-11,14-18,22-23H2,1-2H3,(H,37,43)(H2,38,39,44)/b13-12+. The molecule has 2 heterocycles. The van der Waals surface area contributed by atoms with E-state index in [1.54, 1.807) is 25.1 Å². The van der Waals surface area contributed by atoms with Crippen molar-refractivity contribution in [3.63, 3.8) is 0 Å². The fraction of sp³-hybridized carbons (Fsp3) is 0.500. The zero-order valence-corrected chi connectivity index (χ0v) is 29.8. The largest absolute Gasteiger partial charge is 0.496 e. The molecule has 51 heavy (non-hydrogen) atoms. The molecule has 276 valence electrons. The topological polar surface area (TPSA) is 184 Å². The van der Waals surface area contributed by atoms with Crippen LogP contribution in [0.5, 0.6) is 11.5 Å². The molecule has 0 radical (unpaired) electrons. The first-order valence-electron chi connectivity index (χ1n) is 17.1. The van der Waals surface area contributed by atoms with Crippen LogP contribution in [0.4, 0.5) is 10.5 Å². The van der Waals surface area contributed by atoms with Gasteiger partial charge in [0.25, 0.3) is 11.6 Å². The molecule has 2 aromatic carbocycles. The number of urea groups is 1. The van der Waals surface area contributed by atoms with Gasteiger partial charge in [-0.1, -0.05) is 24.6 Å². The highest BCUT2D eigenvalue weighted by Gasteiger charge is 2.42. The maximum atomic E-state index is 13.2. The van der Waals surface area contributed by atoms with Crippen molar-refractivity contribution in [2.75, 3.05) is 52.4 Å². The molecule has 2 aromatic rings. The molecule has 3 unspecified atom stereocenters. The van der Waals surface area contributed by atoms with E-state index in [1.165, 1.54) is 37.5 Å². The van der Waals surface area contributed by atoms with Gasteiger partial charge in [-0.2, -0.15) is 11.8 Å². The average Bonchev–Trinajstić information content (AvgIpc) is 3.67. The van der Waals surface area contributed by atoms with Crippen LogP contribution in [0.15, 0.2) is 42.5 Å². The number of nitrogens with zero attached hydrogens (tertiary/aromatic N) is 1. The first-order chi connectivity index (χ1) is 24.6. The van der Waals surface area contributed by atoms with Crippen molar-refractivity contribution in [1.29, 1.82) is 0 Å². The summed E-state index contributed by atoms with van der Waals surface area (Å²) in [6.07, 6.45) is 7.27. The normalized spacial score (nSPS) is 17.8. The third-order valence-corrected chi connectivity index (χ3v) is 9.87. The predicted octanol–water partition coefficient (Wildman–Crippen LogP) is 4.41. The number of amides is 3. The number of aryl methyl sites for hydroxylation is 1. The number of unbranched alkanes of at least 4 members (excludes halogenated alkanes) is 1. The number of hydrogen-bond acceptors (Lipinski definition) is 11. The highest BCUT2D eigenvalue weighted by Crippen LogP contribution is 2.34. The fourth-order valence-electron chi connectivity index (χ4n) is 5.82. The average molecular weight is 727 g/mol. The molecule has 2 fully saturated rings. The Labute approximate surface area is 301 Å². The molecular formula is C36H46N4O10S. The second-order valence-electron chi connectivity index (χ2n) is 12.3. The van der Waals surface area contributed by atoms with Crippen molar-refractivity contribution in [3.8, 4) is 11.5 Å². The molecule has 0 aromatic heterocycles. The molecule has 3 amide bonds. The third-order valence-electron chi connectivity index (χ3n) is 8.36. The van der Waals surface area contributed by atoms with E-state index < -0.39 is 16.6 Å². The maximum absolute atomic E-state index is 13.2. The number of allylic oxidation sites excluding steroid dienone is 1. The lowest BCUT2D eigenvalue weighted by Gasteiger charge is -2.16. The Morgan fingerprint density at radius 2 is 1.78 bits per heavy atom. The number of thioether (sulfide) groups is 1. The van der Waals surface area contributed by atoms with E-state index >= 15 is 0 Å². The summed E-state index contributed by atoms with van der Waals surface area (Å²) >= 11 is 1.89. The lowest BCUT2D eigenvalue weighted by Crippen LogP contribution is -2.36. The minimum absolute atomic E-state index is 0.0755. The Hall–Kier alpha value is -4.47. The van der Waals surface area contributed by atoms with E-state index in [0.717, 1.165) is 30.6 Å². The van der Waals surface area contributed by atoms with E-state index in [-0.39, 0.29) is 66.4 Å². The van der Waals surface area contributed by atoms with Crippen molar-refractivity contribution in [2.45, 2.75) is 62.8 Å². The molecule has 0 spiro atoms. The Morgan fingerprint density at radius 1 is 1.02 bits per heavy atom. The van der Waals surface area contributed by atoms with Crippen LogP contribution in [0, 0.1) is 17.0 Å². The third kappa shape index (κ3) is 12.7. The van der Waals surface area contributed by atoms with Gasteiger partial charge >= 0.3 is 6.03 Å². The molecule has 0 saturated carbocycles. The number of nitro benzene ring substituents is 1. The number of benzene rings is 2. The van der Waals surface area contributed by atoms with Crippen molar-refractivity contribution in [1.82, 2.24) is 16.0 Å². The number of ketones is 2. The number of Topliss-reactive ketones (excluding diaryl/α,β-unsaturated/α-hetero) is 1. The number of hydrogen-bond donors (Lipinski definition) is 3. The van der Waals surface area contributed by atoms with Gasteiger partial charge in [0.15, 0.2) is 12.4 Å². The number of carbonyl (C=O) groups excluding carboxylic acids is 4. The van der Waals surface area contributed by atoms with Gasteiger partial charge in [0.2, 0.25) is 0 Å². The lowest BCUT2D eigenvalue weighted by atomic mass is 10.0. The summed E-state index contributed by atoms with van der Waals surface area (Å²) in [4.78, 5) is 59.9. The van der Waals surface area contributed by atoms with Gasteiger partial charge in [0.1, 0.15) is 22.8 Å². The highest BCUT2D eigenvalue weighted by molar-refractivity contribution is 8.00. The minimum atomic E-state index is -0.513. The summed E-state index contributed by atoms with van der Waals surface area (Å²) in [6.45, 7) is 3.15. The number of nitro groups is 1. The molecule has 4 rings (SSSR count). The molecular weight excluding hydrogens is 680 g/mol. The summed E-state index contributed by atoms with van der Waals surface area (Å²) < 4.78 is 22.2. The predicted molar refractivity (Wildman–Crippen MR) is 193 cm³/mol. The first kappa shape index (κ1) is 39.3. The number of fused-ring (bicyclic) bond motifs is 1. The Bertz CT molecular complexity index is 1570. The molecule has 2 saturated heterocycles. The van der Waals surface area contributed by atoms with Gasteiger partial charge in [-0.3, -0.25) is 24.5 Å². The molecule has 0 aliphatic carbocycles. The van der Waals surface area contributed by atoms with Gasteiger partial charge in [-0.15, -0.1) is 0 Å². The summed E-state index contributed by atoms with van der Waals surface area (Å²) in [5.74, 6) is 0.751. The summed E-state index contributed by atoms with van der Waals surface area (Å²) in [7, 11) is 1.42. The highest BCUT2D eigenvalue weighted by atomic mass is 32.2. The number of non-ortho nitro benzene ring substituents is 1. The van der Waals surface area contributed by atoms with E-state index in [4.69, 9.17) is 18.9 Å². The van der Waals surface area contributed by atoms with Crippen molar-refractivity contribution < 1.29 is 43.0 Å². The van der Waals surface area contributed by atoms with E-state index in [9.17, 15) is 29.3 Å². The summed E-state index contributed by atoms with van der Waals surface area (Å²) in [5, 5.41) is 20.1. The van der Waals surface area contributed by atoms with Crippen LogP contribution in [-0.2, 0) is 19.1 Å². The second-order valence-corrected chi connectivity index (χ2v) is 13.5. The lowest BCUT2D eigenvalue weighted by molar-refractivity contribution is -0.384. The SMILES string of the molecule is COc1cc(C)cc(OCC(=O)NCCOCCOCCCC(=O)CCCCC2SCC3NC(=O)NC32)c1C(=O)/C=C/c1cccc([N+](=O)[O-])c1. The number of methoxy groups -OCH3 is 1. The molecule has 2 aliphatic heterocycles. The van der Waals surface area contributed by atoms with Crippen LogP contribution in [0.3, 0.4) is 0 Å². The summed E-state index contributed by atoms with van der Waals surface area (Å²) in [5.41, 5.74) is 1.26. The molecule has 3 N–H and O–H groups in total. The quantitative estimate of drug-likeness (QED) is 0.0368. The van der Waals surface area contributed by atoms with Crippen molar-refractivity contribution >= 4 is 47.0 Å². The van der Waals surface area contributed by atoms with Gasteiger partial charge in [0.05, 0.1) is 43.9 Å². The smallest absolute Gasteiger partial charge is 0.315 e. The molecule has 0 bridgehead atoms. The van der Waals surface area contributed by atoms with Gasteiger partial charge in [0, 0.05) is 49.1 Å². The van der Waals surface area contributed by atoms with Crippen LogP contribution in [0.1, 0.15) is 60.0 Å². The van der Waals surface area contributed by atoms with Crippen LogP contribution in [0.2, 0.25) is 0 Å². The van der Waals surface area contributed by atoms with E-state index in [0.29, 0.717) is 49.9 Å². The van der Waals surface area contributed by atoms with Crippen LogP contribution in [0.25, 0.3) is 6.08 Å². The van der Waals surface area contributed by atoms with Gasteiger partial charge < -0.3 is 34.9 Å².